The molecule has 0 atom stereocenters. The molecule has 0 bridgehead atoms. The Balaban J connectivity index is 1.73. The molecule has 1 aromatic heterocycles. The number of ether oxygens (including phenoxy) is 1. The number of imide groups is 1. The summed E-state index contributed by atoms with van der Waals surface area (Å²) in [6, 6.07) is 2.50. The first kappa shape index (κ1) is 16.7. The molecule has 0 aliphatic heterocycles. The first-order valence-electron chi connectivity index (χ1n) is 7.54. The molecule has 8 nitrogen and oxygen atoms in total. The fraction of sp³-hybridized carbons (Fsp3) is 0.467. The van der Waals surface area contributed by atoms with Gasteiger partial charge < -0.3 is 15.8 Å². The largest absolute Gasteiger partial charge is 0.452 e. The highest BCUT2D eigenvalue weighted by Gasteiger charge is 2.18. The van der Waals surface area contributed by atoms with Crippen LogP contribution >= 0.6 is 0 Å². The maximum atomic E-state index is 11.7. The minimum absolute atomic E-state index is 0.0212. The molecule has 124 valence electrons. The van der Waals surface area contributed by atoms with Crippen LogP contribution in [0.2, 0.25) is 0 Å². The monoisotopic (exact) mass is 320 g/mol. The third-order valence-electron chi connectivity index (χ3n) is 3.59. The molecular formula is C15H20N4O4. The normalized spacial score (nSPS) is 14.8. The second-order valence-corrected chi connectivity index (χ2v) is 5.37. The fourth-order valence-corrected chi connectivity index (χ4v) is 2.43. The van der Waals surface area contributed by atoms with Crippen LogP contribution in [0.4, 0.5) is 10.6 Å². The molecule has 0 spiro atoms. The molecule has 0 saturated heterocycles. The number of pyridine rings is 1. The first-order chi connectivity index (χ1) is 11.1. The first-order valence-corrected chi connectivity index (χ1v) is 7.54. The third kappa shape index (κ3) is 5.24. The topological polar surface area (TPSA) is 123 Å². The second-order valence-electron chi connectivity index (χ2n) is 5.37. The number of esters is 1. The highest BCUT2D eigenvalue weighted by atomic mass is 16.5. The molecular weight excluding hydrogens is 300 g/mol. The highest BCUT2D eigenvalue weighted by Crippen LogP contribution is 2.17. The molecule has 1 fully saturated rings. The van der Waals surface area contributed by atoms with Crippen LogP contribution in [0.15, 0.2) is 18.3 Å². The van der Waals surface area contributed by atoms with E-state index in [0.717, 1.165) is 25.7 Å². The van der Waals surface area contributed by atoms with Crippen molar-refractivity contribution in [3.05, 3.63) is 23.9 Å². The van der Waals surface area contributed by atoms with Crippen molar-refractivity contribution in [2.75, 3.05) is 12.3 Å². The number of carbonyl (C=O) groups excluding carboxylic acids is 3. The minimum atomic E-state index is -0.765. The average Bonchev–Trinajstić information content (AvgIpc) is 2.54. The zero-order valence-electron chi connectivity index (χ0n) is 12.7. The van der Waals surface area contributed by atoms with E-state index in [9.17, 15) is 14.4 Å². The van der Waals surface area contributed by atoms with Crippen LogP contribution in [0, 0.1) is 0 Å². The smallest absolute Gasteiger partial charge is 0.342 e. The van der Waals surface area contributed by atoms with Crippen LogP contribution in [0.1, 0.15) is 42.5 Å². The van der Waals surface area contributed by atoms with E-state index < -0.39 is 24.5 Å². The molecule has 3 amide bonds. The Bertz CT molecular complexity index is 585. The Morgan fingerprint density at radius 3 is 2.70 bits per heavy atom. The molecule has 23 heavy (non-hydrogen) atoms. The van der Waals surface area contributed by atoms with E-state index in [1.807, 2.05) is 0 Å². The van der Waals surface area contributed by atoms with Gasteiger partial charge in [0.2, 0.25) is 0 Å². The summed E-state index contributed by atoms with van der Waals surface area (Å²) >= 11 is 0. The number of amides is 3. The van der Waals surface area contributed by atoms with Crippen molar-refractivity contribution in [2.45, 2.75) is 38.1 Å². The lowest BCUT2D eigenvalue weighted by Gasteiger charge is -2.22. The van der Waals surface area contributed by atoms with Gasteiger partial charge in [0.25, 0.3) is 5.91 Å². The van der Waals surface area contributed by atoms with Crippen molar-refractivity contribution in [1.29, 1.82) is 0 Å². The summed E-state index contributed by atoms with van der Waals surface area (Å²) in [6.45, 7) is -0.564. The van der Waals surface area contributed by atoms with Gasteiger partial charge in [-0.25, -0.2) is 14.6 Å². The predicted octanol–water partition coefficient (Wildman–Crippen LogP) is 0.979. The van der Waals surface area contributed by atoms with Crippen LogP contribution in [0.5, 0.6) is 0 Å². The van der Waals surface area contributed by atoms with E-state index in [0.29, 0.717) is 0 Å². The number of anilines is 1. The summed E-state index contributed by atoms with van der Waals surface area (Å²) in [5.41, 5.74) is 5.61. The van der Waals surface area contributed by atoms with Gasteiger partial charge in [-0.05, 0) is 25.0 Å². The van der Waals surface area contributed by atoms with E-state index >= 15 is 0 Å². The summed E-state index contributed by atoms with van der Waals surface area (Å²) < 4.78 is 4.81. The van der Waals surface area contributed by atoms with Crippen molar-refractivity contribution in [3.8, 4) is 0 Å². The lowest BCUT2D eigenvalue weighted by atomic mass is 9.96. The van der Waals surface area contributed by atoms with Gasteiger partial charge in [-0.2, -0.15) is 0 Å². The Morgan fingerprint density at radius 1 is 1.26 bits per heavy atom. The van der Waals surface area contributed by atoms with Gasteiger partial charge in [0.1, 0.15) is 11.4 Å². The Hall–Kier alpha value is -2.64. The number of nitrogens with one attached hydrogen (secondary N) is 2. The summed E-state index contributed by atoms with van der Waals surface area (Å²) in [6.07, 6.45) is 6.58. The average molecular weight is 320 g/mol. The zero-order valence-corrected chi connectivity index (χ0v) is 12.7. The standard InChI is InChI=1S/C15H20N4O4/c16-13-11(7-4-8-17-13)14(21)23-9-12(20)19-15(22)18-10-5-2-1-3-6-10/h4,7-8,10H,1-3,5-6,9H2,(H2,16,17)(H2,18,19,20,22). The van der Waals surface area contributed by atoms with Crippen molar-refractivity contribution in [1.82, 2.24) is 15.6 Å². The molecule has 0 radical (unpaired) electrons. The SMILES string of the molecule is Nc1ncccc1C(=O)OCC(=O)NC(=O)NC1CCCCC1. The molecule has 0 unspecified atom stereocenters. The van der Waals surface area contributed by atoms with Crippen LogP contribution in [0.3, 0.4) is 0 Å². The van der Waals surface area contributed by atoms with Gasteiger partial charge in [-0.3, -0.25) is 10.1 Å². The minimum Gasteiger partial charge on any atom is -0.452 e. The third-order valence-corrected chi connectivity index (χ3v) is 3.59. The van der Waals surface area contributed by atoms with Crippen LogP contribution in [0.25, 0.3) is 0 Å². The number of hydrogen-bond acceptors (Lipinski definition) is 6. The van der Waals surface area contributed by atoms with Gasteiger partial charge in [0.15, 0.2) is 6.61 Å². The Kier molecular flexibility index (Phi) is 5.90. The predicted molar refractivity (Wildman–Crippen MR) is 82.5 cm³/mol. The number of rotatable bonds is 4. The number of nitrogen functional groups attached to an aromatic ring is 1. The summed E-state index contributed by atoms with van der Waals surface area (Å²) in [7, 11) is 0. The fourth-order valence-electron chi connectivity index (χ4n) is 2.43. The van der Waals surface area contributed by atoms with E-state index in [4.69, 9.17) is 10.5 Å². The van der Waals surface area contributed by atoms with Crippen molar-refractivity contribution < 1.29 is 19.1 Å². The van der Waals surface area contributed by atoms with Gasteiger partial charge in [0, 0.05) is 12.2 Å². The summed E-state index contributed by atoms with van der Waals surface area (Å²) in [5.74, 6) is -1.44. The van der Waals surface area contributed by atoms with Crippen LogP contribution in [-0.2, 0) is 9.53 Å². The Labute approximate surface area is 133 Å². The van der Waals surface area contributed by atoms with E-state index in [2.05, 4.69) is 15.6 Å². The molecule has 1 saturated carbocycles. The number of carbonyl (C=O) groups is 3. The summed E-state index contributed by atoms with van der Waals surface area (Å²) in [5, 5.41) is 4.87. The number of urea groups is 1. The van der Waals surface area contributed by atoms with Crippen LogP contribution in [-0.4, -0.2) is 35.5 Å². The quantitative estimate of drug-likeness (QED) is 0.710. The molecule has 1 aliphatic carbocycles. The van der Waals surface area contributed by atoms with Gasteiger partial charge in [-0.15, -0.1) is 0 Å². The maximum absolute atomic E-state index is 11.7. The molecule has 8 heteroatoms. The molecule has 1 aromatic rings. The maximum Gasteiger partial charge on any atom is 0.342 e. The van der Waals surface area contributed by atoms with E-state index in [1.165, 1.54) is 24.8 Å². The number of hydrogen-bond donors (Lipinski definition) is 3. The van der Waals surface area contributed by atoms with Gasteiger partial charge in [-0.1, -0.05) is 19.3 Å². The molecule has 1 aliphatic rings. The molecule has 1 heterocycles. The van der Waals surface area contributed by atoms with Gasteiger partial charge >= 0.3 is 12.0 Å². The number of nitrogens with two attached hydrogens (primary N) is 1. The number of nitrogens with zero attached hydrogens (tertiary/aromatic N) is 1. The van der Waals surface area contributed by atoms with Crippen molar-refractivity contribution in [3.63, 3.8) is 0 Å². The summed E-state index contributed by atoms with van der Waals surface area (Å²) in [4.78, 5) is 38.8. The lowest BCUT2D eigenvalue weighted by Crippen LogP contribution is -2.46. The zero-order chi connectivity index (χ0) is 16.7. The lowest BCUT2D eigenvalue weighted by molar-refractivity contribution is -0.123. The molecule has 0 aromatic carbocycles. The Morgan fingerprint density at radius 2 is 2.00 bits per heavy atom. The van der Waals surface area contributed by atoms with Crippen molar-refractivity contribution >= 4 is 23.7 Å². The van der Waals surface area contributed by atoms with Crippen LogP contribution < -0.4 is 16.4 Å². The molecule has 4 N–H and O–H groups in total. The van der Waals surface area contributed by atoms with Crippen molar-refractivity contribution in [2.24, 2.45) is 0 Å². The highest BCUT2D eigenvalue weighted by molar-refractivity contribution is 5.98. The van der Waals surface area contributed by atoms with Gasteiger partial charge in [0.05, 0.1) is 0 Å². The molecule has 2 rings (SSSR count). The van der Waals surface area contributed by atoms with E-state index in [1.54, 1.807) is 0 Å². The van der Waals surface area contributed by atoms with E-state index in [-0.39, 0.29) is 17.4 Å². The second kappa shape index (κ2) is 8.11. The number of aromatic nitrogens is 1.